The number of anilines is 1. The minimum Gasteiger partial charge on any atom is -0.481 e. The molecule has 4 aromatic rings. The fourth-order valence-electron chi connectivity index (χ4n) is 6.76. The van der Waals surface area contributed by atoms with E-state index in [9.17, 15) is 24.8 Å². The van der Waals surface area contributed by atoms with Gasteiger partial charge in [0, 0.05) is 75.0 Å². The van der Waals surface area contributed by atoms with Gasteiger partial charge in [0.05, 0.1) is 30.2 Å². The summed E-state index contributed by atoms with van der Waals surface area (Å²) in [5.41, 5.74) is 6.69. The molecule has 2 aliphatic heterocycles. The number of aliphatic hydroxyl groups excluding tert-OH is 1. The van der Waals surface area contributed by atoms with Gasteiger partial charge in [0.1, 0.15) is 0 Å². The molecule has 0 aliphatic carbocycles. The molecule has 0 spiro atoms. The molecular weight excluding hydrogens is 664 g/mol. The number of aliphatic hydroxyl groups is 1. The Hall–Kier alpha value is -5.14. The summed E-state index contributed by atoms with van der Waals surface area (Å²) in [5.74, 6) is -1.27. The van der Waals surface area contributed by atoms with E-state index in [0.717, 1.165) is 71.8 Å². The first-order valence-corrected chi connectivity index (χ1v) is 17.6. The summed E-state index contributed by atoms with van der Waals surface area (Å²) >= 11 is 0. The average Bonchev–Trinajstić information content (AvgIpc) is 3.17. The van der Waals surface area contributed by atoms with E-state index in [-0.39, 0.29) is 54.1 Å². The number of nitro groups is 1. The van der Waals surface area contributed by atoms with Crippen LogP contribution in [0.3, 0.4) is 0 Å². The highest BCUT2D eigenvalue weighted by Crippen LogP contribution is 2.42. The predicted molar refractivity (Wildman–Crippen MR) is 195 cm³/mol. The molecule has 4 aromatic carbocycles. The lowest BCUT2D eigenvalue weighted by molar-refractivity contribution is -0.384. The summed E-state index contributed by atoms with van der Waals surface area (Å²) in [6.45, 7) is 6.39. The zero-order chi connectivity index (χ0) is 36.6. The van der Waals surface area contributed by atoms with Crippen molar-refractivity contribution >= 4 is 23.3 Å². The lowest BCUT2D eigenvalue weighted by Crippen LogP contribution is -2.51. The maximum atomic E-state index is 12.0. The van der Waals surface area contributed by atoms with Crippen molar-refractivity contribution in [3.8, 4) is 11.1 Å². The number of amides is 1. The number of nitrogens with one attached hydrogen (secondary N) is 1. The highest BCUT2D eigenvalue weighted by Gasteiger charge is 2.39. The van der Waals surface area contributed by atoms with Crippen LogP contribution in [-0.2, 0) is 32.2 Å². The number of hydrogen-bond donors (Lipinski definition) is 3. The smallest absolute Gasteiger partial charge is 0.303 e. The summed E-state index contributed by atoms with van der Waals surface area (Å²) in [7, 11) is 0. The number of nitrogens with zero attached hydrogens (tertiary/aromatic N) is 3. The lowest BCUT2D eigenvalue weighted by atomic mass is 9.89. The van der Waals surface area contributed by atoms with E-state index >= 15 is 0 Å². The first-order chi connectivity index (χ1) is 25.2. The minimum atomic E-state index is -1.00. The van der Waals surface area contributed by atoms with Gasteiger partial charge in [-0.2, -0.15) is 0 Å². The third-order valence-electron chi connectivity index (χ3n) is 9.86. The normalized spacial score (nSPS) is 20.7. The minimum absolute atomic E-state index is 0.0295. The molecule has 2 fully saturated rings. The number of benzene rings is 4. The highest BCUT2D eigenvalue weighted by molar-refractivity contribution is 5.80. The number of rotatable bonds is 13. The molecule has 1 amide bonds. The second kappa shape index (κ2) is 16.9. The first kappa shape index (κ1) is 36.6. The zero-order valence-corrected chi connectivity index (χ0v) is 29.1. The van der Waals surface area contributed by atoms with E-state index in [4.69, 9.17) is 14.6 Å². The second-order valence-corrected chi connectivity index (χ2v) is 13.4. The molecule has 3 N–H and O–H groups in total. The SMILES string of the molecule is C[C@@H]1[C@H](CN2CCN(c3ccc([N+](=O)[O-])cc3)CC2)O[C@H](c2ccc(-c3cccc(CNC(=O)CCC(=O)O)c3)cc2)O[C@@H]1c1ccc(CO)cc1. The van der Waals surface area contributed by atoms with Crippen LogP contribution in [0.25, 0.3) is 11.1 Å². The van der Waals surface area contributed by atoms with Crippen molar-refractivity contribution in [3.05, 3.63) is 129 Å². The van der Waals surface area contributed by atoms with Crippen molar-refractivity contribution in [2.45, 2.75) is 51.4 Å². The van der Waals surface area contributed by atoms with Crippen LogP contribution in [0.5, 0.6) is 0 Å². The Bertz CT molecular complexity index is 1830. The number of hydrogen-bond acceptors (Lipinski definition) is 9. The molecule has 6 rings (SSSR count). The first-order valence-electron chi connectivity index (χ1n) is 17.6. The third-order valence-corrected chi connectivity index (χ3v) is 9.86. The van der Waals surface area contributed by atoms with Gasteiger partial charge in [-0.3, -0.25) is 24.6 Å². The van der Waals surface area contributed by atoms with Gasteiger partial charge in [-0.15, -0.1) is 0 Å². The number of carboxylic acid groups (broad SMARTS) is 1. The lowest BCUT2D eigenvalue weighted by Gasteiger charge is -2.44. The van der Waals surface area contributed by atoms with Crippen LogP contribution in [0.2, 0.25) is 0 Å². The van der Waals surface area contributed by atoms with Crippen molar-refractivity contribution < 1.29 is 34.2 Å². The summed E-state index contributed by atoms with van der Waals surface area (Å²) < 4.78 is 13.4. The van der Waals surface area contributed by atoms with Gasteiger partial charge in [0.25, 0.3) is 5.69 Å². The maximum absolute atomic E-state index is 12.0. The van der Waals surface area contributed by atoms with Gasteiger partial charge >= 0.3 is 5.97 Å². The molecule has 0 radical (unpaired) electrons. The van der Waals surface area contributed by atoms with Gasteiger partial charge in [-0.1, -0.05) is 73.7 Å². The van der Waals surface area contributed by atoms with Crippen LogP contribution in [0.15, 0.2) is 97.1 Å². The van der Waals surface area contributed by atoms with Gasteiger partial charge < -0.3 is 29.9 Å². The maximum Gasteiger partial charge on any atom is 0.303 e. The highest BCUT2D eigenvalue weighted by atomic mass is 16.7. The number of carboxylic acids is 1. The summed E-state index contributed by atoms with van der Waals surface area (Å²) in [6, 6.07) is 30.5. The van der Waals surface area contributed by atoms with Gasteiger partial charge in [-0.05, 0) is 46.0 Å². The number of piperazine rings is 1. The van der Waals surface area contributed by atoms with Crippen LogP contribution in [0.4, 0.5) is 11.4 Å². The molecule has 0 unspecified atom stereocenters. The Morgan fingerprint density at radius 1 is 0.846 bits per heavy atom. The molecule has 2 heterocycles. The van der Waals surface area contributed by atoms with Gasteiger partial charge in [-0.25, -0.2) is 0 Å². The molecule has 12 heteroatoms. The topological polar surface area (TPSA) is 155 Å². The number of non-ortho nitro benzene ring substituents is 1. The van der Waals surface area contributed by atoms with Crippen LogP contribution < -0.4 is 10.2 Å². The zero-order valence-electron chi connectivity index (χ0n) is 29.1. The molecule has 2 aliphatic rings. The van der Waals surface area contributed by atoms with Crippen molar-refractivity contribution in [1.29, 1.82) is 0 Å². The number of nitro benzene ring substituents is 1. The van der Waals surface area contributed by atoms with E-state index < -0.39 is 12.3 Å². The standard InChI is InChI=1S/C40H44N4O8/c1-27-36(25-42-19-21-43(22-20-42)34-13-15-35(16-14-34)44(49)50)51-40(52-39(27)31-7-5-28(26-45)6-8-31)32-11-9-30(10-12-32)33-4-2-3-29(23-33)24-41-37(46)17-18-38(47)48/h2-16,23,27,36,39-40,45H,17-22,24-26H2,1H3,(H,41,46)(H,47,48)/t27-,36+,39+,40+/m1/s1. The van der Waals surface area contributed by atoms with Gasteiger partial charge in [0.2, 0.25) is 5.91 Å². The van der Waals surface area contributed by atoms with Crippen LogP contribution >= 0.6 is 0 Å². The third kappa shape index (κ3) is 9.20. The molecule has 52 heavy (non-hydrogen) atoms. The molecule has 0 saturated carbocycles. The van der Waals surface area contributed by atoms with E-state index in [1.54, 1.807) is 12.1 Å². The quantitative estimate of drug-likeness (QED) is 0.114. The van der Waals surface area contributed by atoms with Crippen LogP contribution in [-0.4, -0.2) is 70.7 Å². The van der Waals surface area contributed by atoms with Crippen molar-refractivity contribution in [3.63, 3.8) is 0 Å². The summed E-state index contributed by atoms with van der Waals surface area (Å²) in [6.07, 6.45) is -1.23. The van der Waals surface area contributed by atoms with Crippen molar-refractivity contribution in [1.82, 2.24) is 10.2 Å². The molecule has 0 bridgehead atoms. The molecular formula is C40H44N4O8. The van der Waals surface area contributed by atoms with Crippen molar-refractivity contribution in [2.24, 2.45) is 5.92 Å². The Morgan fingerprint density at radius 3 is 2.19 bits per heavy atom. The van der Waals surface area contributed by atoms with Crippen molar-refractivity contribution in [2.75, 3.05) is 37.6 Å². The second-order valence-electron chi connectivity index (χ2n) is 13.4. The van der Waals surface area contributed by atoms with E-state index in [1.165, 1.54) is 0 Å². The Kier molecular flexibility index (Phi) is 11.9. The largest absolute Gasteiger partial charge is 0.481 e. The van der Waals surface area contributed by atoms with Crippen LogP contribution in [0.1, 0.15) is 54.4 Å². The van der Waals surface area contributed by atoms with E-state index in [1.807, 2.05) is 84.9 Å². The molecule has 2 saturated heterocycles. The molecule has 272 valence electrons. The van der Waals surface area contributed by atoms with E-state index in [2.05, 4.69) is 22.0 Å². The van der Waals surface area contributed by atoms with E-state index in [0.29, 0.717) is 6.54 Å². The molecule has 12 nitrogen and oxygen atoms in total. The average molecular weight is 709 g/mol. The summed E-state index contributed by atoms with van der Waals surface area (Å²) in [4.78, 5) is 38.2. The number of ether oxygens (including phenoxy) is 2. The number of carbonyl (C=O) groups is 2. The number of carbonyl (C=O) groups excluding carboxylic acids is 1. The Balaban J connectivity index is 1.14. The fraction of sp³-hybridized carbons (Fsp3) is 0.350. The summed E-state index contributed by atoms with van der Waals surface area (Å²) in [5, 5.41) is 32.3. The molecule has 0 aromatic heterocycles. The monoisotopic (exact) mass is 708 g/mol. The van der Waals surface area contributed by atoms with Gasteiger partial charge in [0.15, 0.2) is 6.29 Å². The number of aliphatic carboxylic acids is 1. The predicted octanol–water partition coefficient (Wildman–Crippen LogP) is 5.85. The molecule has 4 atom stereocenters. The fourth-order valence-corrected chi connectivity index (χ4v) is 6.76. The Labute approximate surface area is 302 Å². The van der Waals surface area contributed by atoms with Crippen LogP contribution in [0, 0.1) is 16.0 Å². The Morgan fingerprint density at radius 2 is 1.54 bits per heavy atom.